The smallest absolute Gasteiger partial charge is 0.228 e. The van der Waals surface area contributed by atoms with Gasteiger partial charge in [-0.15, -0.1) is 0 Å². The van der Waals surface area contributed by atoms with Crippen molar-refractivity contribution in [2.45, 2.75) is 20.3 Å². The maximum atomic E-state index is 12.1. The molecule has 0 radical (unpaired) electrons. The predicted octanol–water partition coefficient (Wildman–Crippen LogP) is 2.00. The van der Waals surface area contributed by atoms with E-state index in [-0.39, 0.29) is 23.7 Å². The molecule has 0 aliphatic heterocycles. The largest absolute Gasteiger partial charge is 0.343 e. The van der Waals surface area contributed by atoms with Crippen LogP contribution in [0, 0.1) is 23.2 Å². The Morgan fingerprint density at radius 3 is 2.67 bits per heavy atom. The molecule has 0 saturated heterocycles. The lowest BCUT2D eigenvalue weighted by Crippen LogP contribution is -2.33. The van der Waals surface area contributed by atoms with E-state index >= 15 is 0 Å². The summed E-state index contributed by atoms with van der Waals surface area (Å²) >= 11 is 0. The molecule has 2 unspecified atom stereocenters. The molecule has 0 aromatic heterocycles. The Kier molecular flexibility index (Phi) is 4.59. The Morgan fingerprint density at radius 1 is 1.33 bits per heavy atom. The number of nitrogens with one attached hydrogen (secondary N) is 1. The molecule has 110 valence electrons. The monoisotopic (exact) mass is 285 g/mol. The second-order valence-electron chi connectivity index (χ2n) is 5.14. The molecule has 1 N–H and O–H groups in total. The normalized spacial score (nSPS) is 19.5. The van der Waals surface area contributed by atoms with E-state index in [1.807, 2.05) is 19.9 Å². The second kappa shape index (κ2) is 6.40. The number of nitriles is 1. The number of rotatable bonds is 5. The van der Waals surface area contributed by atoms with E-state index in [1.54, 1.807) is 29.2 Å². The van der Waals surface area contributed by atoms with Crippen LogP contribution in [0.25, 0.3) is 0 Å². The minimum absolute atomic E-state index is 0.0610. The van der Waals surface area contributed by atoms with Crippen LogP contribution in [0.5, 0.6) is 0 Å². The van der Waals surface area contributed by atoms with Crippen LogP contribution in [-0.4, -0.2) is 29.8 Å². The van der Waals surface area contributed by atoms with E-state index in [1.165, 1.54) is 0 Å². The summed E-state index contributed by atoms with van der Waals surface area (Å²) in [5.74, 6) is -0.519. The van der Waals surface area contributed by atoms with Crippen molar-refractivity contribution in [2.24, 2.45) is 11.8 Å². The van der Waals surface area contributed by atoms with E-state index in [0.717, 1.165) is 0 Å². The third-order valence-electron chi connectivity index (χ3n) is 3.78. The van der Waals surface area contributed by atoms with Crippen LogP contribution < -0.4 is 5.32 Å². The topological polar surface area (TPSA) is 73.2 Å². The van der Waals surface area contributed by atoms with Crippen LogP contribution in [0.2, 0.25) is 0 Å². The Balaban J connectivity index is 1.94. The molecule has 2 amide bonds. The number of benzene rings is 1. The van der Waals surface area contributed by atoms with Gasteiger partial charge in [0.2, 0.25) is 11.8 Å². The predicted molar refractivity (Wildman–Crippen MR) is 79.3 cm³/mol. The number of hydrogen-bond donors (Lipinski definition) is 1. The minimum atomic E-state index is -0.246. The van der Waals surface area contributed by atoms with Gasteiger partial charge in [0.25, 0.3) is 0 Å². The van der Waals surface area contributed by atoms with Gasteiger partial charge in [0.15, 0.2) is 0 Å². The molecule has 2 atom stereocenters. The number of nitrogens with zero attached hydrogens (tertiary/aromatic N) is 2. The number of amides is 2. The first-order valence-electron chi connectivity index (χ1n) is 7.20. The highest BCUT2D eigenvalue weighted by Gasteiger charge is 2.49. The standard InChI is InChI=1S/C16H19N3O2/c1-3-19(4-2)16(21)14-9-13(14)15(20)18-12-7-5-6-11(8-12)10-17/h5-8,13-14H,3-4,9H2,1-2H3,(H,18,20). The summed E-state index contributed by atoms with van der Waals surface area (Å²) in [6.45, 7) is 5.22. The molecule has 1 aliphatic carbocycles. The van der Waals surface area contributed by atoms with Gasteiger partial charge in [-0.3, -0.25) is 9.59 Å². The number of carbonyl (C=O) groups is 2. The van der Waals surface area contributed by atoms with Crippen molar-refractivity contribution < 1.29 is 9.59 Å². The molecule has 1 saturated carbocycles. The van der Waals surface area contributed by atoms with Gasteiger partial charge in [-0.05, 0) is 38.5 Å². The molecular weight excluding hydrogens is 266 g/mol. The SMILES string of the molecule is CCN(CC)C(=O)C1CC1C(=O)Nc1cccc(C#N)c1. The lowest BCUT2D eigenvalue weighted by molar-refractivity contribution is -0.133. The summed E-state index contributed by atoms with van der Waals surface area (Å²) in [5.41, 5.74) is 1.10. The highest BCUT2D eigenvalue weighted by Crippen LogP contribution is 2.40. The van der Waals surface area contributed by atoms with Gasteiger partial charge in [0.1, 0.15) is 0 Å². The van der Waals surface area contributed by atoms with Crippen molar-refractivity contribution >= 4 is 17.5 Å². The highest BCUT2D eigenvalue weighted by atomic mass is 16.2. The van der Waals surface area contributed by atoms with Crippen molar-refractivity contribution in [3.05, 3.63) is 29.8 Å². The van der Waals surface area contributed by atoms with Gasteiger partial charge in [-0.2, -0.15) is 5.26 Å². The molecular formula is C16H19N3O2. The first kappa shape index (κ1) is 15.0. The number of hydrogen-bond acceptors (Lipinski definition) is 3. The Hall–Kier alpha value is -2.35. The van der Waals surface area contributed by atoms with E-state index in [4.69, 9.17) is 5.26 Å². The molecule has 0 heterocycles. The molecule has 2 rings (SSSR count). The summed E-state index contributed by atoms with van der Waals surface area (Å²) in [5, 5.41) is 11.6. The molecule has 5 nitrogen and oxygen atoms in total. The third kappa shape index (κ3) is 3.40. The summed E-state index contributed by atoms with van der Waals surface area (Å²) in [7, 11) is 0. The lowest BCUT2D eigenvalue weighted by Gasteiger charge is -2.18. The first-order chi connectivity index (χ1) is 10.1. The molecule has 1 aliphatic rings. The van der Waals surface area contributed by atoms with Crippen LogP contribution in [0.4, 0.5) is 5.69 Å². The number of carbonyl (C=O) groups excluding carboxylic acids is 2. The molecule has 21 heavy (non-hydrogen) atoms. The van der Waals surface area contributed by atoms with Crippen LogP contribution in [0.15, 0.2) is 24.3 Å². The highest BCUT2D eigenvalue weighted by molar-refractivity contribution is 5.99. The lowest BCUT2D eigenvalue weighted by atomic mass is 10.2. The van der Waals surface area contributed by atoms with Crippen molar-refractivity contribution in [1.82, 2.24) is 4.90 Å². The zero-order valence-electron chi connectivity index (χ0n) is 12.3. The van der Waals surface area contributed by atoms with Gasteiger partial charge < -0.3 is 10.2 Å². The Morgan fingerprint density at radius 2 is 2.05 bits per heavy atom. The fraction of sp³-hybridized carbons (Fsp3) is 0.438. The zero-order valence-corrected chi connectivity index (χ0v) is 12.3. The van der Waals surface area contributed by atoms with Crippen molar-refractivity contribution in [3.8, 4) is 6.07 Å². The van der Waals surface area contributed by atoms with Crippen LogP contribution >= 0.6 is 0 Å². The first-order valence-corrected chi connectivity index (χ1v) is 7.20. The van der Waals surface area contributed by atoms with Crippen LogP contribution in [0.1, 0.15) is 25.8 Å². The van der Waals surface area contributed by atoms with E-state index in [0.29, 0.717) is 30.8 Å². The molecule has 1 aromatic carbocycles. The quantitative estimate of drug-likeness (QED) is 0.899. The van der Waals surface area contributed by atoms with E-state index < -0.39 is 0 Å². The van der Waals surface area contributed by atoms with Gasteiger partial charge in [0.05, 0.1) is 23.5 Å². The summed E-state index contributed by atoms with van der Waals surface area (Å²) in [6, 6.07) is 8.80. The number of anilines is 1. The fourth-order valence-electron chi connectivity index (χ4n) is 2.43. The summed E-state index contributed by atoms with van der Waals surface area (Å²) < 4.78 is 0. The van der Waals surface area contributed by atoms with Crippen molar-refractivity contribution in [1.29, 1.82) is 5.26 Å². The zero-order chi connectivity index (χ0) is 15.4. The molecule has 1 fully saturated rings. The molecule has 5 heteroatoms. The third-order valence-corrected chi connectivity index (χ3v) is 3.78. The average molecular weight is 285 g/mol. The van der Waals surface area contributed by atoms with Gasteiger partial charge in [-0.1, -0.05) is 6.07 Å². The maximum Gasteiger partial charge on any atom is 0.228 e. The van der Waals surface area contributed by atoms with E-state index in [2.05, 4.69) is 5.32 Å². The second-order valence-corrected chi connectivity index (χ2v) is 5.14. The fourth-order valence-corrected chi connectivity index (χ4v) is 2.43. The molecule has 1 aromatic rings. The van der Waals surface area contributed by atoms with Gasteiger partial charge in [-0.25, -0.2) is 0 Å². The van der Waals surface area contributed by atoms with Crippen LogP contribution in [-0.2, 0) is 9.59 Å². The van der Waals surface area contributed by atoms with E-state index in [9.17, 15) is 9.59 Å². The van der Waals surface area contributed by atoms with Gasteiger partial charge >= 0.3 is 0 Å². The van der Waals surface area contributed by atoms with Crippen molar-refractivity contribution in [3.63, 3.8) is 0 Å². The summed E-state index contributed by atoms with van der Waals surface area (Å²) in [6.07, 6.45) is 0.610. The Labute approximate surface area is 124 Å². The van der Waals surface area contributed by atoms with Crippen molar-refractivity contribution in [2.75, 3.05) is 18.4 Å². The average Bonchev–Trinajstić information content (AvgIpc) is 3.29. The Bertz CT molecular complexity index is 587. The van der Waals surface area contributed by atoms with Crippen LogP contribution in [0.3, 0.4) is 0 Å². The maximum absolute atomic E-state index is 12.1. The molecule has 0 bridgehead atoms. The minimum Gasteiger partial charge on any atom is -0.343 e. The van der Waals surface area contributed by atoms with Gasteiger partial charge in [0, 0.05) is 18.8 Å². The summed E-state index contributed by atoms with van der Waals surface area (Å²) in [4.78, 5) is 26.0. The molecule has 0 spiro atoms.